The Morgan fingerprint density at radius 2 is 1.48 bits per heavy atom. The van der Waals surface area contributed by atoms with Crippen LogP contribution in [0.25, 0.3) is 0 Å². The molecule has 0 saturated carbocycles. The van der Waals surface area contributed by atoms with Crippen LogP contribution in [0.1, 0.15) is 30.0 Å². The average Bonchev–Trinajstić information content (AvgIpc) is 3.00. The van der Waals surface area contributed by atoms with Crippen LogP contribution in [0.4, 0.5) is 0 Å². The lowest BCUT2D eigenvalue weighted by molar-refractivity contribution is 0.224. The Labute approximate surface area is 138 Å². The Bertz CT molecular complexity index is 612. The molecule has 1 aliphatic rings. The molecule has 0 aliphatic carbocycles. The van der Waals surface area contributed by atoms with Gasteiger partial charge in [-0.25, -0.2) is 0 Å². The SMILES string of the molecule is CN=CC1CCC(C=N)N1C(c1ccccc1)c1ccccc1. The van der Waals surface area contributed by atoms with Crippen LogP contribution in [-0.2, 0) is 0 Å². The maximum atomic E-state index is 7.86. The molecule has 0 aromatic heterocycles. The molecule has 3 nitrogen and oxygen atoms in total. The summed E-state index contributed by atoms with van der Waals surface area (Å²) in [4.78, 5) is 6.70. The summed E-state index contributed by atoms with van der Waals surface area (Å²) >= 11 is 0. The largest absolute Gasteiger partial charge is 0.311 e. The molecule has 1 heterocycles. The number of aliphatic imine (C=N–C) groups is 1. The number of rotatable bonds is 5. The van der Waals surface area contributed by atoms with E-state index >= 15 is 0 Å². The van der Waals surface area contributed by atoms with Gasteiger partial charge in [-0.1, -0.05) is 60.7 Å². The van der Waals surface area contributed by atoms with Gasteiger partial charge in [0.05, 0.1) is 6.04 Å². The first-order valence-electron chi connectivity index (χ1n) is 8.15. The van der Waals surface area contributed by atoms with Gasteiger partial charge in [-0.2, -0.15) is 0 Å². The maximum Gasteiger partial charge on any atom is 0.0613 e. The lowest BCUT2D eigenvalue weighted by atomic mass is 9.95. The van der Waals surface area contributed by atoms with Gasteiger partial charge in [0.1, 0.15) is 0 Å². The average molecular weight is 305 g/mol. The van der Waals surface area contributed by atoms with Gasteiger partial charge in [0.25, 0.3) is 0 Å². The lowest BCUT2D eigenvalue weighted by Gasteiger charge is -2.35. The molecule has 2 atom stereocenters. The number of nitrogens with zero attached hydrogens (tertiary/aromatic N) is 2. The standard InChI is InChI=1S/C20H23N3/c1-22-15-19-13-12-18(14-21)23(19)20(16-8-4-2-5-9-16)17-10-6-3-7-11-17/h2-11,14-15,18-21H,12-13H2,1H3. The second-order valence-corrected chi connectivity index (χ2v) is 5.96. The van der Waals surface area contributed by atoms with Crippen LogP contribution in [0.3, 0.4) is 0 Å². The molecular weight excluding hydrogens is 282 g/mol. The van der Waals surface area contributed by atoms with E-state index in [4.69, 9.17) is 5.41 Å². The van der Waals surface area contributed by atoms with E-state index in [1.165, 1.54) is 11.1 Å². The van der Waals surface area contributed by atoms with Crippen LogP contribution in [0.5, 0.6) is 0 Å². The van der Waals surface area contributed by atoms with E-state index in [1.807, 2.05) is 13.3 Å². The van der Waals surface area contributed by atoms with Crippen LogP contribution in [0.2, 0.25) is 0 Å². The topological polar surface area (TPSA) is 39.5 Å². The minimum atomic E-state index is 0.148. The van der Waals surface area contributed by atoms with Crippen molar-refractivity contribution in [2.75, 3.05) is 7.05 Å². The summed E-state index contributed by atoms with van der Waals surface area (Å²) in [6.07, 6.45) is 5.68. The quantitative estimate of drug-likeness (QED) is 0.834. The number of benzene rings is 2. The van der Waals surface area contributed by atoms with E-state index in [-0.39, 0.29) is 18.1 Å². The van der Waals surface area contributed by atoms with Crippen molar-refractivity contribution in [1.82, 2.24) is 4.90 Å². The van der Waals surface area contributed by atoms with Gasteiger partial charge >= 0.3 is 0 Å². The third-order valence-corrected chi connectivity index (χ3v) is 4.57. The van der Waals surface area contributed by atoms with Crippen LogP contribution < -0.4 is 0 Å². The zero-order valence-corrected chi connectivity index (χ0v) is 13.5. The van der Waals surface area contributed by atoms with Crippen LogP contribution in [0, 0.1) is 5.41 Å². The highest BCUT2D eigenvalue weighted by Crippen LogP contribution is 2.37. The number of nitrogens with one attached hydrogen (secondary N) is 1. The van der Waals surface area contributed by atoms with E-state index in [0.29, 0.717) is 0 Å². The highest BCUT2D eigenvalue weighted by Gasteiger charge is 2.37. The van der Waals surface area contributed by atoms with Crippen LogP contribution >= 0.6 is 0 Å². The Kier molecular flexibility index (Phi) is 4.99. The van der Waals surface area contributed by atoms with Gasteiger partial charge in [-0.3, -0.25) is 9.89 Å². The highest BCUT2D eigenvalue weighted by molar-refractivity contribution is 5.69. The monoisotopic (exact) mass is 305 g/mol. The summed E-state index contributed by atoms with van der Waals surface area (Å²) < 4.78 is 0. The van der Waals surface area contributed by atoms with E-state index in [2.05, 4.69) is 70.6 Å². The van der Waals surface area contributed by atoms with Crippen LogP contribution in [0.15, 0.2) is 65.7 Å². The number of likely N-dealkylation sites (tertiary alicyclic amines) is 1. The fraction of sp³-hybridized carbons (Fsp3) is 0.300. The van der Waals surface area contributed by atoms with Gasteiger partial charge in [0.15, 0.2) is 0 Å². The van der Waals surface area contributed by atoms with Crippen molar-refractivity contribution in [3.8, 4) is 0 Å². The van der Waals surface area contributed by atoms with Crippen molar-refractivity contribution >= 4 is 12.4 Å². The zero-order chi connectivity index (χ0) is 16.1. The van der Waals surface area contributed by atoms with Crippen LogP contribution in [-0.4, -0.2) is 36.5 Å². The minimum Gasteiger partial charge on any atom is -0.311 e. The molecule has 0 spiro atoms. The van der Waals surface area contributed by atoms with E-state index in [1.54, 1.807) is 6.21 Å². The molecule has 3 heteroatoms. The second-order valence-electron chi connectivity index (χ2n) is 5.96. The number of hydrogen-bond donors (Lipinski definition) is 1. The van der Waals surface area contributed by atoms with Gasteiger partial charge in [0.2, 0.25) is 0 Å². The van der Waals surface area contributed by atoms with E-state index in [9.17, 15) is 0 Å². The van der Waals surface area contributed by atoms with Crippen molar-refractivity contribution in [3.05, 3.63) is 71.8 Å². The van der Waals surface area contributed by atoms with Gasteiger partial charge in [-0.05, 0) is 24.0 Å². The second kappa shape index (κ2) is 7.34. The smallest absolute Gasteiger partial charge is 0.0613 e. The third-order valence-electron chi connectivity index (χ3n) is 4.57. The summed E-state index contributed by atoms with van der Waals surface area (Å²) in [7, 11) is 1.83. The predicted molar refractivity (Wildman–Crippen MR) is 96.6 cm³/mol. The molecule has 2 aromatic rings. The first kappa shape index (κ1) is 15.6. The maximum absolute atomic E-state index is 7.86. The summed E-state index contributed by atoms with van der Waals surface area (Å²) in [5, 5.41) is 7.86. The molecule has 2 aromatic carbocycles. The molecule has 23 heavy (non-hydrogen) atoms. The molecule has 1 N–H and O–H groups in total. The Hall–Kier alpha value is -2.26. The molecular formula is C20H23N3. The fourth-order valence-corrected chi connectivity index (χ4v) is 3.57. The summed E-state index contributed by atoms with van der Waals surface area (Å²) in [5.74, 6) is 0. The fourth-order valence-electron chi connectivity index (χ4n) is 3.57. The Balaban J connectivity index is 2.08. The molecule has 1 fully saturated rings. The normalized spacial score (nSPS) is 22.0. The molecule has 3 rings (SSSR count). The summed E-state index contributed by atoms with van der Waals surface area (Å²) in [5.41, 5.74) is 2.53. The molecule has 0 bridgehead atoms. The first-order valence-corrected chi connectivity index (χ1v) is 8.15. The summed E-state index contributed by atoms with van der Waals surface area (Å²) in [6, 6.07) is 21.7. The first-order chi connectivity index (χ1) is 11.3. The van der Waals surface area contributed by atoms with Crippen molar-refractivity contribution in [3.63, 3.8) is 0 Å². The van der Waals surface area contributed by atoms with E-state index in [0.717, 1.165) is 12.8 Å². The molecule has 1 aliphatic heterocycles. The summed E-state index contributed by atoms with van der Waals surface area (Å²) in [6.45, 7) is 0. The molecule has 118 valence electrons. The third kappa shape index (κ3) is 3.25. The van der Waals surface area contributed by atoms with Crippen molar-refractivity contribution in [2.24, 2.45) is 4.99 Å². The van der Waals surface area contributed by atoms with Gasteiger partial charge < -0.3 is 5.41 Å². The van der Waals surface area contributed by atoms with Gasteiger partial charge in [0, 0.05) is 31.6 Å². The highest BCUT2D eigenvalue weighted by atomic mass is 15.2. The van der Waals surface area contributed by atoms with E-state index < -0.39 is 0 Å². The molecule has 2 unspecified atom stereocenters. The van der Waals surface area contributed by atoms with Crippen molar-refractivity contribution in [2.45, 2.75) is 31.0 Å². The predicted octanol–water partition coefficient (Wildman–Crippen LogP) is 3.96. The molecule has 1 saturated heterocycles. The minimum absolute atomic E-state index is 0.148. The van der Waals surface area contributed by atoms with Crippen molar-refractivity contribution < 1.29 is 0 Å². The van der Waals surface area contributed by atoms with Gasteiger partial charge in [-0.15, -0.1) is 0 Å². The molecule has 0 amide bonds. The lowest BCUT2D eigenvalue weighted by Crippen LogP contribution is -2.41. The zero-order valence-electron chi connectivity index (χ0n) is 13.5. The van der Waals surface area contributed by atoms with Crippen molar-refractivity contribution in [1.29, 1.82) is 5.41 Å². The molecule has 0 radical (unpaired) electrons. The Morgan fingerprint density at radius 1 is 0.957 bits per heavy atom. The Morgan fingerprint density at radius 3 is 1.96 bits per heavy atom. The number of hydrogen-bond acceptors (Lipinski definition) is 3.